The Bertz CT molecular complexity index is 2070. The van der Waals surface area contributed by atoms with Crippen molar-refractivity contribution >= 4 is 50.9 Å². The van der Waals surface area contributed by atoms with Crippen molar-refractivity contribution in [1.82, 2.24) is 15.1 Å². The molecular weight excluding hydrogens is 726 g/mol. The van der Waals surface area contributed by atoms with E-state index in [1.54, 1.807) is 74.2 Å². The highest BCUT2D eigenvalue weighted by Gasteiger charge is 2.39. The molecule has 2 aliphatic heterocycles. The van der Waals surface area contributed by atoms with E-state index >= 15 is 0 Å². The van der Waals surface area contributed by atoms with Crippen LogP contribution < -0.4 is 14.9 Å². The number of piperazine rings is 1. The molecule has 2 aliphatic rings. The first-order valence-electron chi connectivity index (χ1n) is 18.0. The van der Waals surface area contributed by atoms with E-state index in [1.807, 2.05) is 54.6 Å². The van der Waals surface area contributed by atoms with Gasteiger partial charge in [0.2, 0.25) is 21.8 Å². The predicted molar refractivity (Wildman–Crippen MR) is 211 cm³/mol. The molecule has 1 fully saturated rings. The quantitative estimate of drug-likeness (QED) is 0.202. The summed E-state index contributed by atoms with van der Waals surface area (Å²) >= 11 is 6.16. The molecule has 0 radical (unpaired) electrons. The van der Waals surface area contributed by atoms with Crippen LogP contribution in [-0.2, 0) is 49.5 Å². The Morgan fingerprint density at radius 2 is 1.44 bits per heavy atom. The minimum absolute atomic E-state index is 0.159. The van der Waals surface area contributed by atoms with Crippen LogP contribution in [0.15, 0.2) is 103 Å². The number of fused-ring (bicyclic) bond motifs is 1. The van der Waals surface area contributed by atoms with Crippen molar-refractivity contribution in [2.24, 2.45) is 0 Å². The molecule has 1 saturated heterocycles. The summed E-state index contributed by atoms with van der Waals surface area (Å²) in [6, 6.07) is 29.2. The zero-order valence-corrected chi connectivity index (χ0v) is 32.3. The number of halogens is 1. The van der Waals surface area contributed by atoms with E-state index in [0.29, 0.717) is 48.1 Å². The molecule has 0 aliphatic carbocycles. The van der Waals surface area contributed by atoms with Gasteiger partial charge in [-0.2, -0.15) is 0 Å². The van der Waals surface area contributed by atoms with Crippen LogP contribution in [0.5, 0.6) is 0 Å². The number of carbonyl (C=O) groups is 3. The van der Waals surface area contributed by atoms with Gasteiger partial charge >= 0.3 is 6.09 Å². The number of hydrogen-bond donors (Lipinski definition) is 2. The fraction of sp³-hybridized carbons (Fsp3) is 0.341. The summed E-state index contributed by atoms with van der Waals surface area (Å²) in [7, 11) is -3.69. The van der Waals surface area contributed by atoms with E-state index in [1.165, 1.54) is 4.90 Å². The van der Waals surface area contributed by atoms with Crippen molar-refractivity contribution < 1.29 is 27.5 Å². The predicted octanol–water partition coefficient (Wildman–Crippen LogP) is 6.02. The van der Waals surface area contributed by atoms with Crippen molar-refractivity contribution in [1.29, 1.82) is 0 Å². The number of para-hydroxylation sites is 2. The molecule has 2 N–H and O–H groups in total. The van der Waals surface area contributed by atoms with Gasteiger partial charge in [-0.1, -0.05) is 90.5 Å². The van der Waals surface area contributed by atoms with Crippen LogP contribution in [0.25, 0.3) is 0 Å². The largest absolute Gasteiger partial charge is 0.444 e. The lowest BCUT2D eigenvalue weighted by Gasteiger charge is -2.39. The topological polar surface area (TPSA) is 128 Å². The second kappa shape index (κ2) is 16.5. The zero-order chi connectivity index (χ0) is 38.5. The van der Waals surface area contributed by atoms with Crippen LogP contribution in [0.3, 0.4) is 0 Å². The summed E-state index contributed by atoms with van der Waals surface area (Å²) in [5.41, 5.74) is 3.79. The standard InChI is InChI=1S/C41H46ClN5O6S/c1-41(2,3)53-40(50)47-27-32-14-8-7-13-31(32)26-37(47)38(48)43-35(25-29-17-19-33(42)20-18-29)39(49)46-23-21-45(22-24-46)36-16-10-9-15-34(36)44-54(51,52)28-30-11-5-4-6-12-30/h4-20,35,37,44H,21-28H2,1-3H3,(H,43,48)/t35-,37+/m1/s1. The summed E-state index contributed by atoms with van der Waals surface area (Å²) in [6.45, 7) is 7.11. The Morgan fingerprint density at radius 1 is 0.815 bits per heavy atom. The van der Waals surface area contributed by atoms with Crippen molar-refractivity contribution in [2.75, 3.05) is 35.8 Å². The molecule has 54 heavy (non-hydrogen) atoms. The normalized spacial score (nSPS) is 16.6. The van der Waals surface area contributed by atoms with E-state index < -0.39 is 39.7 Å². The number of carbonyl (C=O) groups excluding carboxylic acids is 3. The Kier molecular flexibility index (Phi) is 11.8. The lowest BCUT2D eigenvalue weighted by Crippen LogP contribution is -2.59. The lowest BCUT2D eigenvalue weighted by molar-refractivity contribution is -0.138. The smallest absolute Gasteiger partial charge is 0.411 e. The van der Waals surface area contributed by atoms with E-state index in [-0.39, 0.29) is 31.0 Å². The first-order chi connectivity index (χ1) is 25.7. The molecule has 4 aromatic carbocycles. The molecule has 0 unspecified atom stereocenters. The molecule has 3 amide bonds. The van der Waals surface area contributed by atoms with Crippen molar-refractivity contribution in [2.45, 2.75) is 63.6 Å². The molecule has 11 nitrogen and oxygen atoms in total. The molecule has 13 heteroatoms. The number of rotatable bonds is 10. The van der Waals surface area contributed by atoms with Gasteiger partial charge in [0, 0.05) is 44.0 Å². The maximum absolute atomic E-state index is 14.3. The highest BCUT2D eigenvalue weighted by atomic mass is 35.5. The van der Waals surface area contributed by atoms with E-state index in [2.05, 4.69) is 14.9 Å². The van der Waals surface area contributed by atoms with Crippen LogP contribution >= 0.6 is 11.6 Å². The molecular formula is C41H46ClN5O6S. The second-order valence-electron chi connectivity index (χ2n) is 14.7. The van der Waals surface area contributed by atoms with Crippen molar-refractivity contribution in [3.8, 4) is 0 Å². The van der Waals surface area contributed by atoms with Crippen LogP contribution in [-0.4, -0.2) is 80.0 Å². The third kappa shape index (κ3) is 9.91. The Labute approximate surface area is 322 Å². The zero-order valence-electron chi connectivity index (χ0n) is 30.7. The maximum Gasteiger partial charge on any atom is 0.411 e. The summed E-state index contributed by atoms with van der Waals surface area (Å²) in [5.74, 6) is -0.860. The monoisotopic (exact) mass is 771 g/mol. The van der Waals surface area contributed by atoms with Gasteiger partial charge in [-0.15, -0.1) is 0 Å². The van der Waals surface area contributed by atoms with Gasteiger partial charge in [0.15, 0.2) is 0 Å². The summed E-state index contributed by atoms with van der Waals surface area (Å²) in [5, 5.41) is 3.57. The van der Waals surface area contributed by atoms with Gasteiger partial charge in [-0.3, -0.25) is 19.2 Å². The van der Waals surface area contributed by atoms with Gasteiger partial charge < -0.3 is 19.9 Å². The average molecular weight is 772 g/mol. The molecule has 4 aromatic rings. The highest BCUT2D eigenvalue weighted by molar-refractivity contribution is 7.91. The van der Waals surface area contributed by atoms with Crippen LogP contribution in [0.2, 0.25) is 5.02 Å². The van der Waals surface area contributed by atoms with Gasteiger partial charge in [-0.05, 0) is 67.3 Å². The number of amides is 3. The minimum Gasteiger partial charge on any atom is -0.444 e. The Morgan fingerprint density at radius 3 is 2.13 bits per heavy atom. The summed E-state index contributed by atoms with van der Waals surface area (Å²) < 4.78 is 34.7. The van der Waals surface area contributed by atoms with Gasteiger partial charge in [0.1, 0.15) is 17.7 Å². The molecule has 2 heterocycles. The highest BCUT2D eigenvalue weighted by Crippen LogP contribution is 2.29. The fourth-order valence-corrected chi connectivity index (χ4v) is 8.15. The fourth-order valence-electron chi connectivity index (χ4n) is 6.81. The van der Waals surface area contributed by atoms with Gasteiger partial charge in [-0.25, -0.2) is 13.2 Å². The summed E-state index contributed by atoms with van der Waals surface area (Å²) in [4.78, 5) is 47.2. The second-order valence-corrected chi connectivity index (χ2v) is 16.8. The first-order valence-corrected chi connectivity index (χ1v) is 20.1. The van der Waals surface area contributed by atoms with Gasteiger partial charge in [0.05, 0.1) is 23.7 Å². The SMILES string of the molecule is CC(C)(C)OC(=O)N1Cc2ccccc2C[C@H]1C(=O)N[C@H](Cc1ccc(Cl)cc1)C(=O)N1CCN(c2ccccc2NS(=O)(=O)Cc2ccccc2)CC1. The van der Waals surface area contributed by atoms with Crippen molar-refractivity contribution in [3.05, 3.63) is 130 Å². The first kappa shape index (κ1) is 38.6. The van der Waals surface area contributed by atoms with Crippen LogP contribution in [0, 0.1) is 0 Å². The van der Waals surface area contributed by atoms with E-state index in [4.69, 9.17) is 16.3 Å². The molecule has 0 aromatic heterocycles. The summed E-state index contributed by atoms with van der Waals surface area (Å²) in [6.07, 6.45) is -0.114. The van der Waals surface area contributed by atoms with Crippen LogP contribution in [0.4, 0.5) is 16.2 Å². The average Bonchev–Trinajstić information content (AvgIpc) is 3.14. The number of anilines is 2. The number of benzene rings is 4. The third-order valence-corrected chi connectivity index (χ3v) is 10.9. The van der Waals surface area contributed by atoms with E-state index in [0.717, 1.165) is 16.7 Å². The number of sulfonamides is 1. The third-order valence-electron chi connectivity index (χ3n) is 9.45. The molecule has 2 atom stereocenters. The van der Waals surface area contributed by atoms with Crippen LogP contribution in [0.1, 0.15) is 43.0 Å². The molecule has 284 valence electrons. The lowest BCUT2D eigenvalue weighted by atomic mass is 9.93. The minimum atomic E-state index is -3.69. The molecule has 0 bridgehead atoms. The Hall–Kier alpha value is -5.07. The molecule has 0 saturated carbocycles. The Balaban J connectivity index is 1.18. The maximum atomic E-state index is 14.3. The molecule has 0 spiro atoms. The number of ether oxygens (including phenoxy) is 1. The molecule has 6 rings (SSSR count). The van der Waals surface area contributed by atoms with E-state index in [9.17, 15) is 22.8 Å². The van der Waals surface area contributed by atoms with Crippen molar-refractivity contribution in [3.63, 3.8) is 0 Å². The number of nitrogens with one attached hydrogen (secondary N) is 2. The van der Waals surface area contributed by atoms with Gasteiger partial charge in [0.25, 0.3) is 0 Å². The number of hydrogen-bond acceptors (Lipinski definition) is 7. The number of nitrogens with zero attached hydrogens (tertiary/aromatic N) is 3.